The van der Waals surface area contributed by atoms with Crippen molar-refractivity contribution in [3.63, 3.8) is 0 Å². The van der Waals surface area contributed by atoms with E-state index in [1.807, 2.05) is 12.1 Å². The zero-order valence-corrected chi connectivity index (χ0v) is 9.09. The third-order valence-electron chi connectivity index (χ3n) is 2.10. The molecule has 4 heteroatoms. The van der Waals surface area contributed by atoms with Gasteiger partial charge in [0.15, 0.2) is 6.29 Å². The second-order valence-corrected chi connectivity index (χ2v) is 3.75. The summed E-state index contributed by atoms with van der Waals surface area (Å²) in [5.41, 5.74) is 1.54. The molecule has 0 unspecified atom stereocenters. The molecule has 0 saturated heterocycles. The quantitative estimate of drug-likeness (QED) is 0.837. The van der Waals surface area contributed by atoms with Gasteiger partial charge in [0, 0.05) is 27.7 Å². The fraction of sp³-hybridized carbons (Fsp3) is 0.100. The second-order valence-electron chi connectivity index (χ2n) is 2.89. The van der Waals surface area contributed by atoms with Crippen LogP contribution in [-0.4, -0.2) is 18.4 Å². The molecule has 0 saturated carbocycles. The highest BCUT2D eigenvalue weighted by molar-refractivity contribution is 9.10. The van der Waals surface area contributed by atoms with Gasteiger partial charge in [0.05, 0.1) is 12.6 Å². The minimum atomic E-state index is 0.648. The number of H-pyrrole nitrogens is 1. The van der Waals surface area contributed by atoms with E-state index < -0.39 is 0 Å². The van der Waals surface area contributed by atoms with Gasteiger partial charge in [-0.05, 0) is 22.0 Å². The lowest BCUT2D eigenvalue weighted by Crippen LogP contribution is -1.83. The molecule has 1 N–H and O–H groups in total. The minimum Gasteiger partial charge on any atom is -0.497 e. The van der Waals surface area contributed by atoms with Crippen molar-refractivity contribution in [3.8, 4) is 5.75 Å². The fourth-order valence-electron chi connectivity index (χ4n) is 1.43. The van der Waals surface area contributed by atoms with Crippen molar-refractivity contribution >= 4 is 33.1 Å². The Balaban J connectivity index is 2.78. The number of aromatic nitrogens is 1. The van der Waals surface area contributed by atoms with Crippen LogP contribution in [0.2, 0.25) is 0 Å². The zero-order valence-electron chi connectivity index (χ0n) is 7.50. The third-order valence-corrected chi connectivity index (χ3v) is 2.72. The molecule has 72 valence electrons. The van der Waals surface area contributed by atoms with Crippen LogP contribution in [0.3, 0.4) is 0 Å². The number of carbonyl (C=O) groups excluding carboxylic acids is 1. The number of hydrogen-bond acceptors (Lipinski definition) is 2. The smallest absolute Gasteiger partial charge is 0.152 e. The highest BCUT2D eigenvalue weighted by Crippen LogP contribution is 2.30. The van der Waals surface area contributed by atoms with Crippen LogP contribution in [0.15, 0.2) is 22.8 Å². The molecular weight excluding hydrogens is 246 g/mol. The molecule has 1 aromatic heterocycles. The first kappa shape index (κ1) is 9.27. The number of rotatable bonds is 2. The van der Waals surface area contributed by atoms with Crippen LogP contribution in [0.5, 0.6) is 5.75 Å². The molecule has 0 aliphatic rings. The largest absolute Gasteiger partial charge is 0.497 e. The topological polar surface area (TPSA) is 42.1 Å². The van der Waals surface area contributed by atoms with Gasteiger partial charge in [0.1, 0.15) is 5.75 Å². The lowest BCUT2D eigenvalue weighted by Gasteiger charge is -2.01. The maximum Gasteiger partial charge on any atom is 0.152 e. The molecule has 0 aliphatic heterocycles. The van der Waals surface area contributed by atoms with E-state index in [2.05, 4.69) is 20.9 Å². The number of nitrogens with one attached hydrogen (secondary N) is 1. The van der Waals surface area contributed by atoms with Crippen LogP contribution in [0.25, 0.3) is 10.9 Å². The Labute approximate surface area is 89.2 Å². The fourth-order valence-corrected chi connectivity index (χ4v) is 2.10. The monoisotopic (exact) mass is 253 g/mol. The van der Waals surface area contributed by atoms with E-state index in [-0.39, 0.29) is 0 Å². The predicted octanol–water partition coefficient (Wildman–Crippen LogP) is 2.75. The summed E-state index contributed by atoms with van der Waals surface area (Å²) >= 11 is 3.40. The number of fused-ring (bicyclic) bond motifs is 1. The summed E-state index contributed by atoms with van der Waals surface area (Å²) in [4.78, 5) is 13.7. The summed E-state index contributed by atoms with van der Waals surface area (Å²) < 4.78 is 5.96. The lowest BCUT2D eigenvalue weighted by molar-refractivity contribution is 0.112. The number of carbonyl (C=O) groups is 1. The van der Waals surface area contributed by atoms with Gasteiger partial charge in [-0.15, -0.1) is 0 Å². The van der Waals surface area contributed by atoms with Crippen LogP contribution >= 0.6 is 15.9 Å². The van der Waals surface area contributed by atoms with Crippen molar-refractivity contribution in [1.29, 1.82) is 0 Å². The van der Waals surface area contributed by atoms with Crippen LogP contribution in [0.4, 0.5) is 0 Å². The summed E-state index contributed by atoms with van der Waals surface area (Å²) in [5, 5.41) is 0.890. The molecule has 0 atom stereocenters. The van der Waals surface area contributed by atoms with Gasteiger partial charge in [-0.3, -0.25) is 4.79 Å². The molecule has 2 rings (SSSR count). The molecule has 1 heterocycles. The minimum absolute atomic E-state index is 0.648. The highest BCUT2D eigenvalue weighted by atomic mass is 79.9. The van der Waals surface area contributed by atoms with Gasteiger partial charge in [-0.1, -0.05) is 0 Å². The lowest BCUT2D eigenvalue weighted by atomic mass is 10.2. The summed E-state index contributed by atoms with van der Waals surface area (Å²) in [7, 11) is 1.61. The van der Waals surface area contributed by atoms with Crippen molar-refractivity contribution in [2.24, 2.45) is 0 Å². The van der Waals surface area contributed by atoms with Crippen LogP contribution < -0.4 is 4.74 Å². The summed E-state index contributed by atoms with van der Waals surface area (Å²) in [5.74, 6) is 0.753. The second kappa shape index (κ2) is 3.46. The van der Waals surface area contributed by atoms with E-state index in [4.69, 9.17) is 4.74 Å². The van der Waals surface area contributed by atoms with E-state index in [0.29, 0.717) is 5.56 Å². The maximum absolute atomic E-state index is 10.7. The zero-order chi connectivity index (χ0) is 10.1. The maximum atomic E-state index is 10.7. The number of benzene rings is 1. The number of hydrogen-bond donors (Lipinski definition) is 1. The van der Waals surface area contributed by atoms with Crippen molar-refractivity contribution in [3.05, 3.63) is 28.4 Å². The first-order valence-electron chi connectivity index (χ1n) is 4.06. The molecule has 2 aromatic rings. The van der Waals surface area contributed by atoms with Gasteiger partial charge in [-0.2, -0.15) is 0 Å². The predicted molar refractivity (Wildman–Crippen MR) is 57.9 cm³/mol. The number of aldehydes is 1. The van der Waals surface area contributed by atoms with Crippen molar-refractivity contribution in [1.82, 2.24) is 4.98 Å². The summed E-state index contributed by atoms with van der Waals surface area (Å²) in [6.07, 6.45) is 2.51. The molecule has 0 spiro atoms. The SMILES string of the molecule is COc1cc(Br)c2c(C=O)c[nH]c2c1. The van der Waals surface area contributed by atoms with Gasteiger partial charge in [0.2, 0.25) is 0 Å². The normalized spacial score (nSPS) is 10.4. The Bertz CT molecular complexity index is 490. The average Bonchev–Trinajstić information content (AvgIpc) is 2.61. The van der Waals surface area contributed by atoms with Gasteiger partial charge < -0.3 is 9.72 Å². The molecular formula is C10H8BrNO2. The van der Waals surface area contributed by atoms with E-state index in [1.165, 1.54) is 0 Å². The van der Waals surface area contributed by atoms with E-state index >= 15 is 0 Å². The number of halogens is 1. The van der Waals surface area contributed by atoms with Crippen molar-refractivity contribution < 1.29 is 9.53 Å². The number of methoxy groups -OCH3 is 1. The first-order valence-corrected chi connectivity index (χ1v) is 4.85. The van der Waals surface area contributed by atoms with E-state index in [0.717, 1.165) is 27.4 Å². The Morgan fingerprint density at radius 2 is 2.29 bits per heavy atom. The van der Waals surface area contributed by atoms with Crippen LogP contribution in [0, 0.1) is 0 Å². The molecule has 0 radical (unpaired) electrons. The number of aromatic amines is 1. The Morgan fingerprint density at radius 3 is 2.93 bits per heavy atom. The van der Waals surface area contributed by atoms with Crippen molar-refractivity contribution in [2.75, 3.05) is 7.11 Å². The van der Waals surface area contributed by atoms with Gasteiger partial charge in [0.25, 0.3) is 0 Å². The molecule has 0 bridgehead atoms. The van der Waals surface area contributed by atoms with Crippen LogP contribution in [0.1, 0.15) is 10.4 Å². The molecule has 14 heavy (non-hydrogen) atoms. The summed E-state index contributed by atoms with van der Waals surface area (Å²) in [6.45, 7) is 0. The van der Waals surface area contributed by atoms with Gasteiger partial charge >= 0.3 is 0 Å². The average molecular weight is 254 g/mol. The van der Waals surface area contributed by atoms with Gasteiger partial charge in [-0.25, -0.2) is 0 Å². The summed E-state index contributed by atoms with van der Waals surface area (Å²) in [6, 6.07) is 3.69. The Hall–Kier alpha value is -1.29. The van der Waals surface area contributed by atoms with E-state index in [9.17, 15) is 4.79 Å². The molecule has 3 nitrogen and oxygen atoms in total. The molecule has 0 amide bonds. The molecule has 0 aliphatic carbocycles. The highest BCUT2D eigenvalue weighted by Gasteiger charge is 2.08. The van der Waals surface area contributed by atoms with Crippen LogP contribution in [-0.2, 0) is 0 Å². The molecule has 1 aromatic carbocycles. The number of ether oxygens (including phenoxy) is 1. The van der Waals surface area contributed by atoms with Crippen molar-refractivity contribution in [2.45, 2.75) is 0 Å². The Kier molecular flexibility index (Phi) is 2.29. The Morgan fingerprint density at radius 1 is 1.50 bits per heavy atom. The standard InChI is InChI=1S/C10H8BrNO2/c1-14-7-2-8(11)10-6(5-13)4-12-9(10)3-7/h2-5,12H,1H3. The molecule has 0 fully saturated rings. The third kappa shape index (κ3) is 1.32. The first-order chi connectivity index (χ1) is 6.76. The van der Waals surface area contributed by atoms with E-state index in [1.54, 1.807) is 13.3 Å².